The van der Waals surface area contributed by atoms with E-state index in [2.05, 4.69) is 19.2 Å². The molecular weight excluding hydrogens is 214 g/mol. The van der Waals surface area contributed by atoms with Crippen LogP contribution in [0.4, 0.5) is 0 Å². The lowest BCUT2D eigenvalue weighted by Gasteiger charge is -2.39. The lowest BCUT2D eigenvalue weighted by atomic mass is 9.79. The molecule has 0 radical (unpaired) electrons. The third-order valence-corrected chi connectivity index (χ3v) is 4.33. The van der Waals surface area contributed by atoms with Crippen molar-refractivity contribution in [3.63, 3.8) is 0 Å². The first-order valence-corrected chi connectivity index (χ1v) is 7.00. The van der Waals surface area contributed by atoms with Crippen LogP contribution in [-0.4, -0.2) is 31.1 Å². The van der Waals surface area contributed by atoms with Gasteiger partial charge in [-0.05, 0) is 44.9 Å². The molecule has 3 heteroatoms. The zero-order valence-electron chi connectivity index (χ0n) is 11.7. The minimum Gasteiger partial charge on any atom is -0.349 e. The summed E-state index contributed by atoms with van der Waals surface area (Å²) >= 11 is 0. The highest BCUT2D eigenvalue weighted by atomic mass is 16.7. The van der Waals surface area contributed by atoms with E-state index in [0.717, 1.165) is 25.0 Å². The van der Waals surface area contributed by atoms with Gasteiger partial charge in [0.05, 0.1) is 19.3 Å². The molecule has 3 nitrogen and oxygen atoms in total. The smallest absolute Gasteiger partial charge is 0.162 e. The Hall–Kier alpha value is -0.120. The topological polar surface area (TPSA) is 30.5 Å². The second-order valence-electron chi connectivity index (χ2n) is 6.35. The van der Waals surface area contributed by atoms with E-state index in [4.69, 9.17) is 9.47 Å². The second kappa shape index (κ2) is 5.25. The van der Waals surface area contributed by atoms with Crippen molar-refractivity contribution in [2.75, 3.05) is 13.2 Å². The summed E-state index contributed by atoms with van der Waals surface area (Å²) in [6.45, 7) is 10.2. The first-order chi connectivity index (χ1) is 7.96. The maximum atomic E-state index is 5.68. The minimum atomic E-state index is -0.396. The van der Waals surface area contributed by atoms with Gasteiger partial charge in [-0.1, -0.05) is 13.8 Å². The molecule has 3 unspecified atom stereocenters. The van der Waals surface area contributed by atoms with Crippen LogP contribution in [0.5, 0.6) is 0 Å². The molecule has 0 amide bonds. The first-order valence-electron chi connectivity index (χ1n) is 7.00. The molecule has 1 heterocycles. The average Bonchev–Trinajstić information content (AvgIpc) is 2.27. The van der Waals surface area contributed by atoms with Crippen molar-refractivity contribution < 1.29 is 9.47 Å². The Morgan fingerprint density at radius 3 is 2.18 bits per heavy atom. The van der Waals surface area contributed by atoms with Gasteiger partial charge in [-0.15, -0.1) is 0 Å². The SMILES string of the molecule is CC1CCC(NC2COC(C)(C)OC2)CC1C. The zero-order chi connectivity index (χ0) is 12.5. The Kier molecular flexibility index (Phi) is 4.11. The zero-order valence-corrected chi connectivity index (χ0v) is 11.7. The summed E-state index contributed by atoms with van der Waals surface area (Å²) in [6, 6.07) is 1.02. The molecule has 1 aliphatic carbocycles. The summed E-state index contributed by atoms with van der Waals surface area (Å²) in [5.74, 6) is 1.32. The fraction of sp³-hybridized carbons (Fsp3) is 1.00. The standard InChI is InChI=1S/C14H27NO2/c1-10-5-6-12(7-11(10)2)15-13-8-16-14(3,4)17-9-13/h10-13,15H,5-9H2,1-4H3. The van der Waals surface area contributed by atoms with E-state index in [1.807, 2.05) is 13.8 Å². The van der Waals surface area contributed by atoms with Crippen molar-refractivity contribution in [3.05, 3.63) is 0 Å². The molecule has 0 aromatic carbocycles. The third-order valence-electron chi connectivity index (χ3n) is 4.33. The van der Waals surface area contributed by atoms with Gasteiger partial charge in [0.25, 0.3) is 0 Å². The van der Waals surface area contributed by atoms with Gasteiger partial charge < -0.3 is 14.8 Å². The van der Waals surface area contributed by atoms with Crippen LogP contribution in [0.2, 0.25) is 0 Å². The molecule has 1 aliphatic heterocycles. The minimum absolute atomic E-state index is 0.369. The van der Waals surface area contributed by atoms with Crippen molar-refractivity contribution >= 4 is 0 Å². The highest BCUT2D eigenvalue weighted by molar-refractivity contribution is 4.84. The van der Waals surface area contributed by atoms with Crippen LogP contribution in [0.1, 0.15) is 47.0 Å². The molecule has 0 spiro atoms. The number of hydrogen-bond acceptors (Lipinski definition) is 3. The van der Waals surface area contributed by atoms with Gasteiger partial charge in [-0.25, -0.2) is 0 Å². The fourth-order valence-electron chi connectivity index (χ4n) is 2.82. The summed E-state index contributed by atoms with van der Waals surface area (Å²) in [7, 11) is 0. The molecule has 3 atom stereocenters. The molecule has 2 aliphatic rings. The van der Waals surface area contributed by atoms with Crippen LogP contribution in [0.3, 0.4) is 0 Å². The summed E-state index contributed by atoms with van der Waals surface area (Å²) in [6.07, 6.45) is 3.94. The van der Waals surface area contributed by atoms with Crippen LogP contribution in [-0.2, 0) is 9.47 Å². The highest BCUT2D eigenvalue weighted by Gasteiger charge is 2.31. The predicted octanol–water partition coefficient (Wildman–Crippen LogP) is 2.55. The summed E-state index contributed by atoms with van der Waals surface area (Å²) in [5.41, 5.74) is 0. The quantitative estimate of drug-likeness (QED) is 0.806. The van der Waals surface area contributed by atoms with E-state index in [1.54, 1.807) is 0 Å². The maximum absolute atomic E-state index is 5.68. The normalized spacial score (nSPS) is 39.2. The predicted molar refractivity (Wildman–Crippen MR) is 68.9 cm³/mol. The lowest BCUT2D eigenvalue weighted by Crippen LogP contribution is -2.52. The van der Waals surface area contributed by atoms with E-state index in [0.29, 0.717) is 12.1 Å². The molecule has 0 aromatic heterocycles. The maximum Gasteiger partial charge on any atom is 0.162 e. The molecule has 2 fully saturated rings. The van der Waals surface area contributed by atoms with Gasteiger partial charge >= 0.3 is 0 Å². The lowest BCUT2D eigenvalue weighted by molar-refractivity contribution is -0.253. The molecule has 1 N–H and O–H groups in total. The molecule has 1 saturated heterocycles. The van der Waals surface area contributed by atoms with Crippen molar-refractivity contribution in [2.45, 2.75) is 64.8 Å². The Labute approximate surface area is 105 Å². The molecule has 17 heavy (non-hydrogen) atoms. The number of ether oxygens (including phenoxy) is 2. The summed E-state index contributed by atoms with van der Waals surface area (Å²) in [4.78, 5) is 0. The Bertz CT molecular complexity index is 245. The van der Waals surface area contributed by atoms with Gasteiger partial charge in [0.1, 0.15) is 0 Å². The van der Waals surface area contributed by atoms with E-state index < -0.39 is 5.79 Å². The van der Waals surface area contributed by atoms with Gasteiger partial charge in [-0.2, -0.15) is 0 Å². The fourth-order valence-corrected chi connectivity index (χ4v) is 2.82. The van der Waals surface area contributed by atoms with Gasteiger partial charge in [0.2, 0.25) is 0 Å². The number of rotatable bonds is 2. The number of nitrogens with one attached hydrogen (secondary N) is 1. The molecular formula is C14H27NO2. The van der Waals surface area contributed by atoms with E-state index in [1.165, 1.54) is 19.3 Å². The summed E-state index contributed by atoms with van der Waals surface area (Å²) in [5, 5.41) is 3.70. The van der Waals surface area contributed by atoms with E-state index in [-0.39, 0.29) is 0 Å². The molecule has 0 bridgehead atoms. The third kappa shape index (κ3) is 3.67. The van der Waals surface area contributed by atoms with Crippen molar-refractivity contribution in [1.29, 1.82) is 0 Å². The molecule has 1 saturated carbocycles. The Morgan fingerprint density at radius 2 is 1.59 bits per heavy atom. The average molecular weight is 241 g/mol. The van der Waals surface area contributed by atoms with Crippen molar-refractivity contribution in [2.24, 2.45) is 11.8 Å². The monoisotopic (exact) mass is 241 g/mol. The second-order valence-corrected chi connectivity index (χ2v) is 6.35. The van der Waals surface area contributed by atoms with E-state index in [9.17, 15) is 0 Å². The largest absolute Gasteiger partial charge is 0.349 e. The van der Waals surface area contributed by atoms with Gasteiger partial charge in [0, 0.05) is 6.04 Å². The van der Waals surface area contributed by atoms with Crippen LogP contribution < -0.4 is 5.32 Å². The van der Waals surface area contributed by atoms with Crippen molar-refractivity contribution in [1.82, 2.24) is 5.32 Å². The van der Waals surface area contributed by atoms with Crippen LogP contribution >= 0.6 is 0 Å². The van der Waals surface area contributed by atoms with Crippen LogP contribution in [0, 0.1) is 11.8 Å². The molecule has 2 rings (SSSR count). The molecule has 100 valence electrons. The molecule has 0 aromatic rings. The van der Waals surface area contributed by atoms with Gasteiger partial charge in [-0.3, -0.25) is 0 Å². The van der Waals surface area contributed by atoms with E-state index >= 15 is 0 Å². The Balaban J connectivity index is 1.75. The Morgan fingerprint density at radius 1 is 0.941 bits per heavy atom. The summed E-state index contributed by atoms with van der Waals surface area (Å²) < 4.78 is 11.4. The highest BCUT2D eigenvalue weighted by Crippen LogP contribution is 2.30. The van der Waals surface area contributed by atoms with Crippen LogP contribution in [0.15, 0.2) is 0 Å². The van der Waals surface area contributed by atoms with Crippen LogP contribution in [0.25, 0.3) is 0 Å². The first kappa shape index (κ1) is 13.3. The van der Waals surface area contributed by atoms with Gasteiger partial charge in [0.15, 0.2) is 5.79 Å². The van der Waals surface area contributed by atoms with Crippen molar-refractivity contribution in [3.8, 4) is 0 Å². The number of hydrogen-bond donors (Lipinski definition) is 1.